The fourth-order valence-electron chi connectivity index (χ4n) is 4.88. The molecule has 48 heavy (non-hydrogen) atoms. The summed E-state index contributed by atoms with van der Waals surface area (Å²) in [5.74, 6) is -2.02. The van der Waals surface area contributed by atoms with Crippen molar-refractivity contribution < 1.29 is 116 Å². The van der Waals surface area contributed by atoms with Gasteiger partial charge in [0.05, 0.1) is 13.2 Å². The second-order valence-corrected chi connectivity index (χ2v) is 13.6. The van der Waals surface area contributed by atoms with Gasteiger partial charge in [0.2, 0.25) is 0 Å². The molecule has 26 nitrogen and oxygen atoms in total. The topological polar surface area (TPSA) is 408 Å². The molecule has 3 heterocycles. The van der Waals surface area contributed by atoms with E-state index in [1.807, 2.05) is 0 Å². The van der Waals surface area contributed by atoms with Crippen molar-refractivity contribution in [2.75, 3.05) is 20.3 Å². The van der Waals surface area contributed by atoms with Crippen LogP contribution in [0.5, 0.6) is 0 Å². The summed E-state index contributed by atoms with van der Waals surface area (Å²) >= 11 is 0. The average molecular weight is 772 g/mol. The highest BCUT2D eigenvalue weighted by molar-refractivity contribution is 7.83. The van der Waals surface area contributed by atoms with E-state index in [1.54, 1.807) is 0 Å². The second-order valence-electron chi connectivity index (χ2n) is 10.3. The highest BCUT2D eigenvalue weighted by atomic mass is 32.3. The van der Waals surface area contributed by atoms with Crippen molar-refractivity contribution in [3.8, 4) is 0 Å². The Hall–Kier alpha value is -1.40. The largest absolute Gasteiger partial charge is 0.479 e. The Morgan fingerprint density at radius 1 is 0.708 bits per heavy atom. The van der Waals surface area contributed by atoms with E-state index < -0.39 is 142 Å². The lowest BCUT2D eigenvalue weighted by molar-refractivity contribution is -0.345. The number of carboxylic acids is 1. The Bertz CT molecular complexity index is 1430. The first-order valence-electron chi connectivity index (χ1n) is 13.0. The maximum absolute atomic E-state index is 12.2. The van der Waals surface area contributed by atoms with Crippen LogP contribution in [0.15, 0.2) is 0 Å². The van der Waals surface area contributed by atoms with Gasteiger partial charge in [-0.25, -0.2) is 13.2 Å². The van der Waals surface area contributed by atoms with E-state index in [2.05, 4.69) is 8.37 Å². The molecule has 7 unspecified atom stereocenters. The minimum atomic E-state index is -5.57. The average Bonchev–Trinajstić information content (AvgIpc) is 2.94. The van der Waals surface area contributed by atoms with Crippen molar-refractivity contribution in [1.82, 2.24) is 4.72 Å². The van der Waals surface area contributed by atoms with Gasteiger partial charge in [0, 0.05) is 7.11 Å². The van der Waals surface area contributed by atoms with Crippen molar-refractivity contribution in [2.24, 2.45) is 0 Å². The summed E-state index contributed by atoms with van der Waals surface area (Å²) in [6.07, 6.45) is -30.2. The number of ether oxygens (including phenoxy) is 6. The lowest BCUT2D eigenvalue weighted by atomic mass is 9.95. The van der Waals surface area contributed by atoms with Gasteiger partial charge in [0.15, 0.2) is 31.1 Å². The van der Waals surface area contributed by atoms with Crippen LogP contribution >= 0.6 is 0 Å². The van der Waals surface area contributed by atoms with E-state index >= 15 is 0 Å². The van der Waals surface area contributed by atoms with Crippen LogP contribution in [0.3, 0.4) is 0 Å². The Kier molecular flexibility index (Phi) is 13.6. The number of aliphatic hydroxyl groups is 6. The summed E-state index contributed by atoms with van der Waals surface area (Å²) in [5.41, 5.74) is 0. The van der Waals surface area contributed by atoms with Crippen molar-refractivity contribution in [3.63, 3.8) is 0 Å². The Balaban J connectivity index is 1.95. The molecule has 282 valence electrons. The van der Waals surface area contributed by atoms with E-state index in [4.69, 9.17) is 33.0 Å². The van der Waals surface area contributed by atoms with Crippen LogP contribution in [0.2, 0.25) is 0 Å². The summed E-state index contributed by atoms with van der Waals surface area (Å²) < 4.78 is 137. The second kappa shape index (κ2) is 15.9. The van der Waals surface area contributed by atoms with Gasteiger partial charge in [-0.1, -0.05) is 0 Å². The number of carbonyl (C=O) groups is 1. The summed E-state index contributed by atoms with van der Waals surface area (Å²) in [6.45, 7) is -2.17. The van der Waals surface area contributed by atoms with Gasteiger partial charge >= 0.3 is 37.1 Å². The van der Waals surface area contributed by atoms with Crippen molar-refractivity contribution in [3.05, 3.63) is 0 Å². The summed E-state index contributed by atoms with van der Waals surface area (Å²) in [7, 11) is -15.1. The standard InChI is InChI=1S/C19H33NO25S3/c1-38-12-5(3-40-47(32,33)34)42-18(6(8(12)22)20-46(29,30)31)43-13-11(25)14(45-48(35,36)37)19(44-15(13)16(26)27)39-2-4-7(21)9(23)10(24)17(28)41-4/h4-15,17-25,28H,2-3H2,1H3,(H,26,27)(H,29,30,31)(H,32,33,34)(H,35,36,37)/t4?,5?,6?,7-,8+,9-,10?,11-,12+,13-,14?,15?,17?,18+,19-/m1/s1. The van der Waals surface area contributed by atoms with Crippen molar-refractivity contribution in [2.45, 2.75) is 92.1 Å². The zero-order valence-electron chi connectivity index (χ0n) is 23.9. The number of rotatable bonds is 14. The van der Waals surface area contributed by atoms with Crippen molar-refractivity contribution in [1.29, 1.82) is 0 Å². The zero-order chi connectivity index (χ0) is 36.5. The maximum Gasteiger partial charge on any atom is 0.397 e. The number of aliphatic hydroxyl groups excluding tert-OH is 6. The minimum absolute atomic E-state index is 0.918. The van der Waals surface area contributed by atoms with Gasteiger partial charge in [-0.2, -0.15) is 30.0 Å². The summed E-state index contributed by atoms with van der Waals surface area (Å²) in [6, 6.07) is -2.19. The molecule has 0 aromatic carbocycles. The van der Waals surface area contributed by atoms with E-state index in [1.165, 1.54) is 4.72 Å². The number of aliphatic carboxylic acids is 1. The van der Waals surface area contributed by atoms with Crippen LogP contribution in [0.25, 0.3) is 0 Å². The molecule has 0 aromatic heterocycles. The minimum Gasteiger partial charge on any atom is -0.479 e. The molecule has 0 amide bonds. The molecule has 0 aromatic rings. The number of hydrogen-bond donors (Lipinski definition) is 11. The first kappa shape index (κ1) is 41.0. The predicted octanol–water partition coefficient (Wildman–Crippen LogP) is -7.77. The SMILES string of the molecule is CO[C@H]1C(COS(=O)(=O)O)O[C@@H](O[C@H]2C(C(=O)O)O[C@@H](OCC3OC(O)C(O)[C@H](O)[C@@H]3O)C(OS(=O)(=O)O)[C@@H]2O)C(NS(=O)(=O)O)[C@@H]1O. The first-order chi connectivity index (χ1) is 21.9. The third-order valence-electron chi connectivity index (χ3n) is 7.01. The van der Waals surface area contributed by atoms with Crippen LogP contribution in [-0.4, -0.2) is 193 Å². The fraction of sp³-hybridized carbons (Fsp3) is 0.947. The van der Waals surface area contributed by atoms with Crippen LogP contribution < -0.4 is 4.72 Å². The van der Waals surface area contributed by atoms with Crippen molar-refractivity contribution >= 4 is 37.1 Å². The van der Waals surface area contributed by atoms with Gasteiger partial charge < -0.3 is 64.2 Å². The van der Waals surface area contributed by atoms with Gasteiger partial charge in [0.25, 0.3) is 0 Å². The lowest BCUT2D eigenvalue weighted by Gasteiger charge is -2.47. The molecular formula is C19H33NO25S3. The normalized spacial score (nSPS) is 41.6. The summed E-state index contributed by atoms with van der Waals surface area (Å²) in [5, 5.41) is 71.0. The number of hydrogen-bond acceptors (Lipinski definition) is 21. The molecular weight excluding hydrogens is 738 g/mol. The Morgan fingerprint density at radius 3 is 1.85 bits per heavy atom. The van der Waals surface area contributed by atoms with Gasteiger partial charge in [-0.15, -0.1) is 0 Å². The van der Waals surface area contributed by atoms with Gasteiger partial charge in [0.1, 0.15) is 61.0 Å². The van der Waals surface area contributed by atoms with E-state index in [0.717, 1.165) is 7.11 Å². The Labute approximate surface area is 270 Å². The molecule has 15 atom stereocenters. The monoisotopic (exact) mass is 771 g/mol. The zero-order valence-corrected chi connectivity index (χ0v) is 26.3. The molecule has 3 fully saturated rings. The lowest BCUT2D eigenvalue weighted by Crippen LogP contribution is -2.68. The fourth-order valence-corrected chi connectivity index (χ4v) is 6.26. The molecule has 0 saturated carbocycles. The summed E-state index contributed by atoms with van der Waals surface area (Å²) in [4.78, 5) is 12.2. The molecule has 3 aliphatic rings. The third kappa shape index (κ3) is 10.6. The van der Waals surface area contributed by atoms with E-state index in [0.29, 0.717) is 0 Å². The molecule has 3 saturated heterocycles. The molecule has 3 rings (SSSR count). The molecule has 0 aliphatic carbocycles. The molecule has 0 spiro atoms. The maximum atomic E-state index is 12.2. The molecule has 0 radical (unpaired) electrons. The van der Waals surface area contributed by atoms with Gasteiger partial charge in [-0.05, 0) is 0 Å². The molecule has 0 bridgehead atoms. The van der Waals surface area contributed by atoms with Crippen LogP contribution in [0.4, 0.5) is 0 Å². The number of methoxy groups -OCH3 is 1. The molecule has 29 heteroatoms. The Morgan fingerprint density at radius 2 is 1.33 bits per heavy atom. The number of carboxylic acid groups (broad SMARTS) is 1. The van der Waals surface area contributed by atoms with Gasteiger partial charge in [-0.3, -0.25) is 13.7 Å². The van der Waals surface area contributed by atoms with E-state index in [-0.39, 0.29) is 0 Å². The molecule has 11 N–H and O–H groups in total. The smallest absolute Gasteiger partial charge is 0.397 e. The molecule has 3 aliphatic heterocycles. The number of nitrogens with one attached hydrogen (secondary N) is 1. The predicted molar refractivity (Wildman–Crippen MR) is 140 cm³/mol. The van der Waals surface area contributed by atoms with E-state index in [9.17, 15) is 74.9 Å². The van der Waals surface area contributed by atoms with Crippen LogP contribution in [-0.2, 0) is 72.7 Å². The van der Waals surface area contributed by atoms with Crippen LogP contribution in [0, 0.1) is 0 Å². The highest BCUT2D eigenvalue weighted by Gasteiger charge is 2.56. The quantitative estimate of drug-likeness (QED) is 0.0730. The highest BCUT2D eigenvalue weighted by Crippen LogP contribution is 2.33. The first-order valence-corrected chi connectivity index (χ1v) is 17.2. The third-order valence-corrected chi connectivity index (χ3v) is 8.48. The van der Waals surface area contributed by atoms with Crippen LogP contribution in [0.1, 0.15) is 0 Å².